The molecular weight excluding hydrogens is 205 g/mol. The normalized spacial score (nSPS) is 17.2. The Morgan fingerprint density at radius 2 is 2.25 bits per heavy atom. The number of hydrogen-bond acceptors (Lipinski definition) is 2. The fourth-order valence-electron chi connectivity index (χ4n) is 2.15. The molecule has 1 saturated carbocycles. The molecule has 0 saturated heterocycles. The van der Waals surface area contributed by atoms with Crippen LogP contribution < -0.4 is 10.1 Å². The van der Waals surface area contributed by atoms with Crippen molar-refractivity contribution in [3.8, 4) is 5.75 Å². The average molecular weight is 223 g/mol. The van der Waals surface area contributed by atoms with Gasteiger partial charge in [0.15, 0.2) is 0 Å². The molecule has 16 heavy (non-hydrogen) atoms. The molecule has 1 aromatic rings. The van der Waals surface area contributed by atoms with Crippen LogP contribution in [-0.4, -0.2) is 13.7 Å². The first-order valence-corrected chi connectivity index (χ1v) is 5.83. The number of hydrogen-bond donors (Lipinski definition) is 1. The summed E-state index contributed by atoms with van der Waals surface area (Å²) >= 11 is 0. The molecule has 2 nitrogen and oxygen atoms in total. The molecule has 0 radical (unpaired) electrons. The van der Waals surface area contributed by atoms with Crippen LogP contribution >= 0.6 is 0 Å². The lowest BCUT2D eigenvalue weighted by Gasteiger charge is -2.20. The Hall–Kier alpha value is -1.09. The van der Waals surface area contributed by atoms with E-state index in [1.807, 2.05) is 13.0 Å². The Labute approximate surface area is 95.8 Å². The minimum Gasteiger partial charge on any atom is -0.496 e. The van der Waals surface area contributed by atoms with Gasteiger partial charge in [0.2, 0.25) is 0 Å². The Kier molecular flexibility index (Phi) is 3.44. The van der Waals surface area contributed by atoms with Gasteiger partial charge in [0.1, 0.15) is 11.6 Å². The smallest absolute Gasteiger partial charge is 0.131 e. The quantitative estimate of drug-likeness (QED) is 0.828. The maximum atomic E-state index is 13.9. The Bertz CT molecular complexity index is 363. The van der Waals surface area contributed by atoms with E-state index in [9.17, 15) is 4.39 Å². The lowest BCUT2D eigenvalue weighted by molar-refractivity contribution is 0.382. The lowest BCUT2D eigenvalue weighted by Crippen LogP contribution is -2.24. The van der Waals surface area contributed by atoms with Crippen molar-refractivity contribution in [3.05, 3.63) is 29.6 Å². The fraction of sp³-hybridized carbons (Fsp3) is 0.538. The maximum absolute atomic E-state index is 13.9. The van der Waals surface area contributed by atoms with Crippen molar-refractivity contribution in [1.29, 1.82) is 0 Å². The van der Waals surface area contributed by atoms with E-state index in [2.05, 4.69) is 5.32 Å². The number of methoxy groups -OCH3 is 1. The van der Waals surface area contributed by atoms with Gasteiger partial charge in [-0.2, -0.15) is 0 Å². The molecule has 1 atom stereocenters. The summed E-state index contributed by atoms with van der Waals surface area (Å²) in [4.78, 5) is 0. The van der Waals surface area contributed by atoms with Crippen molar-refractivity contribution in [2.24, 2.45) is 5.92 Å². The van der Waals surface area contributed by atoms with Crippen molar-refractivity contribution >= 4 is 0 Å². The second kappa shape index (κ2) is 4.83. The van der Waals surface area contributed by atoms with Gasteiger partial charge in [-0.3, -0.25) is 0 Å². The molecule has 0 aromatic heterocycles. The summed E-state index contributed by atoms with van der Waals surface area (Å²) in [5, 5.41) is 3.36. The van der Waals surface area contributed by atoms with Crippen molar-refractivity contribution in [2.75, 3.05) is 13.7 Å². The van der Waals surface area contributed by atoms with Crippen LogP contribution in [0.15, 0.2) is 18.2 Å². The third kappa shape index (κ3) is 2.19. The summed E-state index contributed by atoms with van der Waals surface area (Å²) in [6.45, 7) is 2.89. The molecule has 0 spiro atoms. The Morgan fingerprint density at radius 1 is 1.50 bits per heavy atom. The largest absolute Gasteiger partial charge is 0.496 e. The monoisotopic (exact) mass is 223 g/mol. The van der Waals surface area contributed by atoms with E-state index in [0.29, 0.717) is 17.2 Å². The van der Waals surface area contributed by atoms with E-state index in [4.69, 9.17) is 4.74 Å². The van der Waals surface area contributed by atoms with Crippen LogP contribution in [0.2, 0.25) is 0 Å². The van der Waals surface area contributed by atoms with E-state index < -0.39 is 0 Å². The number of nitrogens with one attached hydrogen (secondary N) is 1. The van der Waals surface area contributed by atoms with Crippen molar-refractivity contribution < 1.29 is 9.13 Å². The average Bonchev–Trinajstić information content (AvgIpc) is 3.10. The molecule has 0 amide bonds. The highest BCUT2D eigenvalue weighted by Gasteiger charge is 2.34. The Balaban J connectivity index is 2.34. The predicted molar refractivity (Wildman–Crippen MR) is 62.1 cm³/mol. The van der Waals surface area contributed by atoms with Gasteiger partial charge in [0, 0.05) is 11.6 Å². The third-order valence-corrected chi connectivity index (χ3v) is 3.06. The fourth-order valence-corrected chi connectivity index (χ4v) is 2.15. The van der Waals surface area contributed by atoms with Crippen molar-refractivity contribution in [1.82, 2.24) is 5.32 Å². The molecule has 0 aliphatic heterocycles. The molecule has 2 rings (SSSR count). The van der Waals surface area contributed by atoms with Gasteiger partial charge in [-0.1, -0.05) is 13.0 Å². The van der Waals surface area contributed by atoms with Gasteiger partial charge in [-0.15, -0.1) is 0 Å². The van der Waals surface area contributed by atoms with Crippen LogP contribution in [-0.2, 0) is 0 Å². The van der Waals surface area contributed by atoms with E-state index in [-0.39, 0.29) is 11.9 Å². The first kappa shape index (κ1) is 11.4. The van der Waals surface area contributed by atoms with Gasteiger partial charge in [0.05, 0.1) is 7.11 Å². The third-order valence-electron chi connectivity index (χ3n) is 3.06. The number of halogens is 1. The minimum atomic E-state index is -0.169. The Morgan fingerprint density at radius 3 is 2.81 bits per heavy atom. The van der Waals surface area contributed by atoms with E-state index in [1.54, 1.807) is 13.2 Å². The summed E-state index contributed by atoms with van der Waals surface area (Å²) in [6.07, 6.45) is 2.35. The van der Waals surface area contributed by atoms with Gasteiger partial charge in [-0.05, 0) is 37.4 Å². The molecule has 1 unspecified atom stereocenters. The van der Waals surface area contributed by atoms with E-state index in [0.717, 1.165) is 6.54 Å². The zero-order chi connectivity index (χ0) is 11.5. The maximum Gasteiger partial charge on any atom is 0.131 e. The molecule has 0 bridgehead atoms. The van der Waals surface area contributed by atoms with Crippen molar-refractivity contribution in [3.63, 3.8) is 0 Å². The summed E-state index contributed by atoms with van der Waals surface area (Å²) in [6, 6.07) is 5.12. The second-order valence-corrected chi connectivity index (χ2v) is 4.23. The molecule has 1 N–H and O–H groups in total. The summed E-state index contributed by atoms with van der Waals surface area (Å²) < 4.78 is 19.1. The summed E-state index contributed by atoms with van der Waals surface area (Å²) in [7, 11) is 1.59. The highest BCUT2D eigenvalue weighted by Crippen LogP contribution is 2.44. The number of benzene rings is 1. The molecule has 1 aromatic carbocycles. The lowest BCUT2D eigenvalue weighted by atomic mass is 10.0. The van der Waals surface area contributed by atoms with Crippen LogP contribution in [0.4, 0.5) is 4.39 Å². The molecule has 1 aliphatic rings. The zero-order valence-electron chi connectivity index (χ0n) is 9.79. The van der Waals surface area contributed by atoms with Crippen LogP contribution in [0.5, 0.6) is 5.75 Å². The van der Waals surface area contributed by atoms with Gasteiger partial charge in [-0.25, -0.2) is 4.39 Å². The van der Waals surface area contributed by atoms with Crippen LogP contribution in [0.3, 0.4) is 0 Å². The summed E-state index contributed by atoms with van der Waals surface area (Å²) in [5.41, 5.74) is 0.689. The molecule has 1 aliphatic carbocycles. The molecule has 3 heteroatoms. The first-order valence-electron chi connectivity index (χ1n) is 5.83. The first-order chi connectivity index (χ1) is 7.77. The zero-order valence-corrected chi connectivity index (χ0v) is 9.79. The highest BCUT2D eigenvalue weighted by atomic mass is 19.1. The summed E-state index contributed by atoms with van der Waals surface area (Å²) in [5.74, 6) is 1.04. The number of ether oxygens (including phenoxy) is 1. The van der Waals surface area contributed by atoms with E-state index >= 15 is 0 Å². The molecule has 1 fully saturated rings. The topological polar surface area (TPSA) is 21.3 Å². The van der Waals surface area contributed by atoms with Gasteiger partial charge in [0.25, 0.3) is 0 Å². The molecular formula is C13H18FNO. The van der Waals surface area contributed by atoms with Crippen molar-refractivity contribution in [2.45, 2.75) is 25.8 Å². The molecule has 88 valence electrons. The number of rotatable bonds is 5. The van der Waals surface area contributed by atoms with E-state index in [1.165, 1.54) is 18.9 Å². The predicted octanol–water partition coefficient (Wildman–Crippen LogP) is 2.89. The van der Waals surface area contributed by atoms with Gasteiger partial charge >= 0.3 is 0 Å². The minimum absolute atomic E-state index is 0.0983. The van der Waals surface area contributed by atoms with Crippen LogP contribution in [0, 0.1) is 11.7 Å². The highest BCUT2D eigenvalue weighted by molar-refractivity contribution is 5.38. The second-order valence-electron chi connectivity index (χ2n) is 4.23. The van der Waals surface area contributed by atoms with Crippen LogP contribution in [0.1, 0.15) is 31.4 Å². The van der Waals surface area contributed by atoms with Gasteiger partial charge < -0.3 is 10.1 Å². The van der Waals surface area contributed by atoms with Crippen LogP contribution in [0.25, 0.3) is 0 Å². The SMILES string of the molecule is CCNC(c1c(F)cccc1OC)C1CC1. The standard InChI is InChI=1S/C13H18FNO/c1-3-15-13(9-7-8-9)12-10(14)5-4-6-11(12)16-2/h4-6,9,13,15H,3,7-8H2,1-2H3. The molecule has 0 heterocycles.